The molecule has 3 heterocycles. The van der Waals surface area contributed by atoms with E-state index in [1.807, 2.05) is 24.8 Å². The average molecular weight is 513 g/mol. The lowest BCUT2D eigenvalue weighted by Gasteiger charge is -2.22. The van der Waals surface area contributed by atoms with Crippen LogP contribution in [0.25, 0.3) is 39.3 Å². The zero-order valence-corrected chi connectivity index (χ0v) is 20.7. The first kappa shape index (κ1) is 25.3. The van der Waals surface area contributed by atoms with Gasteiger partial charge in [0.25, 0.3) is 0 Å². The second-order valence-electron chi connectivity index (χ2n) is 9.07. The van der Waals surface area contributed by atoms with E-state index in [-0.39, 0.29) is 0 Å². The summed E-state index contributed by atoms with van der Waals surface area (Å²) in [6.07, 6.45) is 9.56. The number of rotatable bonds is 3. The molecule has 2 aromatic carbocycles. The molecular weight excluding hydrogens is 489 g/mol. The maximum atomic E-state index is 9.75. The van der Waals surface area contributed by atoms with Gasteiger partial charge in [-0.15, -0.1) is 0 Å². The monoisotopic (exact) mass is 513 g/mol. The zero-order valence-electron chi connectivity index (χ0n) is 20.7. The highest BCUT2D eigenvalue weighted by Gasteiger charge is 2.33. The van der Waals surface area contributed by atoms with Crippen LogP contribution in [0.15, 0.2) is 104 Å². The first-order valence-corrected chi connectivity index (χ1v) is 12.2. The van der Waals surface area contributed by atoms with E-state index in [1.165, 1.54) is 50.3 Å². The second-order valence-corrected chi connectivity index (χ2v) is 9.07. The molecular formula is C30H24BF4N3. The van der Waals surface area contributed by atoms with Crippen molar-refractivity contribution in [3.05, 3.63) is 120 Å². The molecule has 190 valence electrons. The predicted molar refractivity (Wildman–Crippen MR) is 142 cm³/mol. The molecule has 1 aliphatic rings. The van der Waals surface area contributed by atoms with Gasteiger partial charge in [0.1, 0.15) is 0 Å². The summed E-state index contributed by atoms with van der Waals surface area (Å²) < 4.78 is 41.4. The fraction of sp³-hybridized carbons (Fsp3) is 0.100. The second kappa shape index (κ2) is 10.6. The SMILES string of the molecule is Cc1ccc(-c2cc(-c3ccncc3)c3c([n+]2-c2ccncc2)-c2ccccc2CC3)cc1.F[B-](F)(F)F. The van der Waals surface area contributed by atoms with Crippen LogP contribution < -0.4 is 4.57 Å². The van der Waals surface area contributed by atoms with Gasteiger partial charge in [0.15, 0.2) is 0 Å². The van der Waals surface area contributed by atoms with Crippen molar-refractivity contribution >= 4 is 7.25 Å². The summed E-state index contributed by atoms with van der Waals surface area (Å²) in [4.78, 5) is 8.55. The Kier molecular flexibility index (Phi) is 7.05. The lowest BCUT2D eigenvalue weighted by atomic mass is 9.83. The number of fused-ring (bicyclic) bond motifs is 3. The topological polar surface area (TPSA) is 29.7 Å². The molecule has 0 bridgehead atoms. The van der Waals surface area contributed by atoms with Crippen molar-refractivity contribution in [3.63, 3.8) is 0 Å². The first-order valence-electron chi connectivity index (χ1n) is 12.2. The van der Waals surface area contributed by atoms with Gasteiger partial charge >= 0.3 is 7.25 Å². The van der Waals surface area contributed by atoms with Crippen LogP contribution in [0.4, 0.5) is 17.3 Å². The van der Waals surface area contributed by atoms with Crippen LogP contribution in [-0.4, -0.2) is 17.2 Å². The number of pyridine rings is 3. The Morgan fingerprint density at radius 1 is 0.684 bits per heavy atom. The number of aryl methyl sites for hydroxylation is 2. The van der Waals surface area contributed by atoms with Gasteiger partial charge in [-0.05, 0) is 66.8 Å². The van der Waals surface area contributed by atoms with Crippen molar-refractivity contribution in [1.29, 1.82) is 0 Å². The molecule has 38 heavy (non-hydrogen) atoms. The molecule has 0 aliphatic heterocycles. The van der Waals surface area contributed by atoms with Crippen molar-refractivity contribution in [2.45, 2.75) is 19.8 Å². The third-order valence-electron chi connectivity index (χ3n) is 6.53. The van der Waals surface area contributed by atoms with Crippen LogP contribution in [0.2, 0.25) is 0 Å². The Morgan fingerprint density at radius 3 is 1.95 bits per heavy atom. The first-order chi connectivity index (χ1) is 18.3. The van der Waals surface area contributed by atoms with Gasteiger partial charge in [-0.2, -0.15) is 4.57 Å². The molecule has 3 nitrogen and oxygen atoms in total. The fourth-order valence-corrected chi connectivity index (χ4v) is 4.92. The van der Waals surface area contributed by atoms with Gasteiger partial charge < -0.3 is 17.3 Å². The van der Waals surface area contributed by atoms with Crippen LogP contribution in [0.3, 0.4) is 0 Å². The van der Waals surface area contributed by atoms with Gasteiger partial charge in [-0.3, -0.25) is 9.97 Å². The summed E-state index contributed by atoms with van der Waals surface area (Å²) in [5.41, 5.74) is 12.6. The summed E-state index contributed by atoms with van der Waals surface area (Å²) in [6.45, 7) is 2.13. The highest BCUT2D eigenvalue weighted by atomic mass is 19.5. The summed E-state index contributed by atoms with van der Waals surface area (Å²) >= 11 is 0. The minimum atomic E-state index is -6.00. The van der Waals surface area contributed by atoms with Crippen LogP contribution in [0, 0.1) is 6.92 Å². The number of aromatic nitrogens is 3. The molecule has 0 radical (unpaired) electrons. The van der Waals surface area contributed by atoms with E-state index in [2.05, 4.69) is 100 Å². The molecule has 0 atom stereocenters. The van der Waals surface area contributed by atoms with E-state index in [0.717, 1.165) is 18.5 Å². The minimum absolute atomic E-state index is 1.00. The standard InChI is InChI=1S/C30H24N3.BF4/c1-21-6-8-24(9-7-21)29-20-28(23-12-16-31-17-13-23)27-11-10-22-4-2-3-5-26(22)30(27)33(29)25-14-18-32-19-15-25;2-1(3,4)5/h2-9,12-20H,10-11H2,1H3;/q+1;-1. The fourth-order valence-electron chi connectivity index (χ4n) is 4.92. The van der Waals surface area contributed by atoms with Crippen molar-refractivity contribution in [1.82, 2.24) is 9.97 Å². The third kappa shape index (κ3) is 5.49. The summed E-state index contributed by atoms with van der Waals surface area (Å²) in [5, 5.41) is 0. The van der Waals surface area contributed by atoms with Gasteiger partial charge in [0.05, 0.1) is 5.56 Å². The van der Waals surface area contributed by atoms with Crippen molar-refractivity contribution < 1.29 is 21.8 Å². The van der Waals surface area contributed by atoms with E-state index in [4.69, 9.17) is 0 Å². The lowest BCUT2D eigenvalue weighted by Crippen LogP contribution is -2.39. The predicted octanol–water partition coefficient (Wildman–Crippen LogP) is 7.46. The van der Waals surface area contributed by atoms with E-state index in [0.29, 0.717) is 0 Å². The number of nitrogens with zero attached hydrogens (tertiary/aromatic N) is 3. The molecule has 6 rings (SSSR count). The Morgan fingerprint density at radius 2 is 1.29 bits per heavy atom. The van der Waals surface area contributed by atoms with Gasteiger partial charge in [0.2, 0.25) is 17.1 Å². The average Bonchev–Trinajstić information content (AvgIpc) is 2.92. The highest BCUT2D eigenvalue weighted by Crippen LogP contribution is 2.39. The van der Waals surface area contributed by atoms with E-state index in [1.54, 1.807) is 0 Å². The maximum absolute atomic E-state index is 9.75. The number of benzene rings is 2. The summed E-state index contributed by atoms with van der Waals surface area (Å²) in [6, 6.07) is 28.4. The van der Waals surface area contributed by atoms with E-state index < -0.39 is 7.25 Å². The Balaban J connectivity index is 0.000000540. The largest absolute Gasteiger partial charge is 0.673 e. The van der Waals surface area contributed by atoms with Crippen molar-refractivity contribution in [2.75, 3.05) is 0 Å². The van der Waals surface area contributed by atoms with Crippen molar-refractivity contribution in [3.8, 4) is 39.3 Å². The molecule has 1 aliphatic carbocycles. The van der Waals surface area contributed by atoms with E-state index >= 15 is 0 Å². The Bertz CT molecular complexity index is 1550. The van der Waals surface area contributed by atoms with E-state index in [9.17, 15) is 17.3 Å². The van der Waals surface area contributed by atoms with Crippen LogP contribution >= 0.6 is 0 Å². The Hall–Kier alpha value is -4.33. The molecule has 8 heteroatoms. The molecule has 0 unspecified atom stereocenters. The van der Waals surface area contributed by atoms with Crippen LogP contribution in [-0.2, 0) is 12.8 Å². The Labute approximate surface area is 218 Å². The van der Waals surface area contributed by atoms with Crippen molar-refractivity contribution in [2.24, 2.45) is 0 Å². The summed E-state index contributed by atoms with van der Waals surface area (Å²) in [7, 11) is -6.00. The number of hydrogen-bond donors (Lipinski definition) is 0. The molecule has 3 aromatic heterocycles. The molecule has 0 saturated carbocycles. The highest BCUT2D eigenvalue weighted by molar-refractivity contribution is 6.50. The maximum Gasteiger partial charge on any atom is 0.673 e. The third-order valence-corrected chi connectivity index (χ3v) is 6.53. The molecule has 0 saturated heterocycles. The normalized spacial score (nSPS) is 12.1. The zero-order chi connectivity index (χ0) is 26.7. The quantitative estimate of drug-likeness (QED) is 0.142. The molecule has 0 amide bonds. The van der Waals surface area contributed by atoms with Crippen LogP contribution in [0.1, 0.15) is 16.7 Å². The summed E-state index contributed by atoms with van der Waals surface area (Å²) in [5.74, 6) is 0. The smallest absolute Gasteiger partial charge is 0.418 e. The van der Waals surface area contributed by atoms with Gasteiger partial charge in [-0.25, -0.2) is 0 Å². The van der Waals surface area contributed by atoms with Crippen LogP contribution in [0.5, 0.6) is 0 Å². The minimum Gasteiger partial charge on any atom is -0.418 e. The van der Waals surface area contributed by atoms with Gasteiger partial charge in [0, 0.05) is 54.1 Å². The molecule has 0 spiro atoms. The number of halogens is 4. The molecule has 0 fully saturated rings. The molecule has 0 N–H and O–H groups in total. The molecule has 5 aromatic rings. The van der Waals surface area contributed by atoms with Gasteiger partial charge in [-0.1, -0.05) is 35.9 Å². The lowest BCUT2D eigenvalue weighted by molar-refractivity contribution is -0.572. The number of hydrogen-bond acceptors (Lipinski definition) is 2.